The Labute approximate surface area is 237 Å². The second-order valence-corrected chi connectivity index (χ2v) is 21.2. The van der Waals surface area contributed by atoms with E-state index in [0.717, 1.165) is 17.8 Å². The largest absolute Gasteiger partial charge is 0.413 e. The Morgan fingerprint density at radius 2 is 1.55 bits per heavy atom. The molecule has 0 saturated heterocycles. The minimum absolute atomic E-state index is 0.160. The first-order chi connectivity index (χ1) is 17.8. The molecule has 1 N–H and O–H groups in total. The maximum absolute atomic E-state index is 10.7. The molecule has 0 aromatic carbocycles. The summed E-state index contributed by atoms with van der Waals surface area (Å²) in [6, 6.07) is 3.78. The highest BCUT2D eigenvalue weighted by Crippen LogP contribution is 2.75. The second-order valence-electron chi connectivity index (χ2n) is 16.5. The summed E-state index contributed by atoms with van der Waals surface area (Å²) in [4.78, 5) is 0. The molecule has 0 bridgehead atoms. The summed E-state index contributed by atoms with van der Waals surface area (Å²) in [5.74, 6) is 2.91. The van der Waals surface area contributed by atoms with Gasteiger partial charge in [-0.2, -0.15) is 0 Å². The lowest BCUT2D eigenvalue weighted by Gasteiger charge is -2.71. The molecule has 0 heterocycles. The van der Waals surface area contributed by atoms with Gasteiger partial charge in [0.05, 0.1) is 6.10 Å². The predicted molar refractivity (Wildman–Crippen MR) is 164 cm³/mol. The number of hydrogen-bond acceptors (Lipinski definition) is 2. The molecule has 3 unspecified atom stereocenters. The van der Waals surface area contributed by atoms with Gasteiger partial charge in [-0.1, -0.05) is 80.4 Å². The fourth-order valence-electron chi connectivity index (χ4n) is 12.0. The van der Waals surface area contributed by atoms with Gasteiger partial charge in [0, 0.05) is 12.0 Å². The molecule has 0 amide bonds. The molecule has 3 heteroatoms. The van der Waals surface area contributed by atoms with Gasteiger partial charge in [-0.3, -0.25) is 0 Å². The van der Waals surface area contributed by atoms with E-state index in [1.54, 1.807) is 5.57 Å². The van der Waals surface area contributed by atoms with Gasteiger partial charge in [-0.25, -0.2) is 0 Å². The maximum Gasteiger partial charge on any atom is 0.192 e. The molecule has 0 aromatic rings. The van der Waals surface area contributed by atoms with Crippen LogP contribution in [0.1, 0.15) is 127 Å². The quantitative estimate of drug-likeness (QED) is 0.267. The standard InChI is InChI=1S/C35H62O2Si/c1-10-38(11-2,12-3)37-30-17-18-32(7)28(31(30,5)6)16-19-34(9)29(32)14-13-26-27-23-25(4)15-20-35(27,24-36)22-21-33(26,34)8/h13,25,27-30,36H,10-12,14-24H2,1-9H3/t25-,27-,28?,29?,30?,32-,33-,34+,35+/m0/s1. The van der Waals surface area contributed by atoms with Crippen LogP contribution in [0, 0.1) is 50.7 Å². The summed E-state index contributed by atoms with van der Waals surface area (Å²) >= 11 is 0. The van der Waals surface area contributed by atoms with Crippen LogP contribution >= 0.6 is 0 Å². The second kappa shape index (κ2) is 9.72. The molecule has 38 heavy (non-hydrogen) atoms. The SMILES string of the molecule is CC[Si](CC)(CC)OC1CC[C@@]2(C)C(CC[C@]3(C)C2CC=C2[C@@H]4C[C@@H](C)CC[C@]4(CO)CC[C@@]23C)C1(C)C. The molecule has 2 nitrogen and oxygen atoms in total. The Balaban J connectivity index is 1.48. The fraction of sp³-hybridized carbons (Fsp3) is 0.943. The van der Waals surface area contributed by atoms with E-state index in [4.69, 9.17) is 4.43 Å². The van der Waals surface area contributed by atoms with E-state index in [-0.39, 0.29) is 16.2 Å². The number of hydrogen-bond donors (Lipinski definition) is 1. The van der Waals surface area contributed by atoms with Crippen molar-refractivity contribution in [2.24, 2.45) is 50.7 Å². The minimum Gasteiger partial charge on any atom is -0.413 e. The van der Waals surface area contributed by atoms with Gasteiger partial charge < -0.3 is 9.53 Å². The van der Waals surface area contributed by atoms with Crippen LogP contribution in [0.5, 0.6) is 0 Å². The van der Waals surface area contributed by atoms with Crippen LogP contribution in [0.15, 0.2) is 11.6 Å². The van der Waals surface area contributed by atoms with E-state index < -0.39 is 8.32 Å². The average molecular weight is 543 g/mol. The fourth-order valence-corrected chi connectivity index (χ4v) is 15.0. The van der Waals surface area contributed by atoms with E-state index >= 15 is 0 Å². The topological polar surface area (TPSA) is 29.5 Å². The Morgan fingerprint density at radius 3 is 2.18 bits per heavy atom. The lowest BCUT2D eigenvalue weighted by molar-refractivity contribution is -0.201. The first-order valence-corrected chi connectivity index (χ1v) is 19.3. The monoisotopic (exact) mass is 542 g/mol. The number of aliphatic hydroxyl groups is 1. The van der Waals surface area contributed by atoms with Gasteiger partial charge in [0.25, 0.3) is 0 Å². The highest BCUT2D eigenvalue weighted by atomic mass is 28.4. The normalized spacial score (nSPS) is 48.3. The number of aliphatic hydroxyl groups excluding tert-OH is 1. The zero-order chi connectivity index (χ0) is 27.8. The average Bonchev–Trinajstić information content (AvgIpc) is 2.89. The molecule has 0 aromatic heterocycles. The van der Waals surface area contributed by atoms with Crippen molar-refractivity contribution in [3.63, 3.8) is 0 Å². The van der Waals surface area contributed by atoms with Crippen LogP contribution in [-0.2, 0) is 4.43 Å². The predicted octanol–water partition coefficient (Wildman–Crippen LogP) is 9.78. The van der Waals surface area contributed by atoms with Crippen LogP contribution in [0.25, 0.3) is 0 Å². The summed E-state index contributed by atoms with van der Waals surface area (Å²) in [6.45, 7) is 23.3. The molecule has 218 valence electrons. The van der Waals surface area contributed by atoms with Gasteiger partial charge in [0.2, 0.25) is 0 Å². The lowest BCUT2D eigenvalue weighted by Crippen LogP contribution is -2.65. The third-order valence-electron chi connectivity index (χ3n) is 15.1. The highest BCUT2D eigenvalue weighted by molar-refractivity contribution is 6.73. The van der Waals surface area contributed by atoms with Crippen molar-refractivity contribution in [1.82, 2.24) is 0 Å². The van der Waals surface area contributed by atoms with Gasteiger partial charge >= 0.3 is 0 Å². The molecule has 5 aliphatic carbocycles. The van der Waals surface area contributed by atoms with Crippen molar-refractivity contribution in [1.29, 1.82) is 0 Å². The molecular weight excluding hydrogens is 480 g/mol. The summed E-state index contributed by atoms with van der Waals surface area (Å²) < 4.78 is 7.30. The number of rotatable bonds is 6. The number of fused-ring (bicyclic) bond motifs is 7. The molecule has 9 atom stereocenters. The maximum atomic E-state index is 10.7. The molecule has 4 saturated carbocycles. The number of allylic oxidation sites excluding steroid dienone is 2. The molecule has 0 radical (unpaired) electrons. The van der Waals surface area contributed by atoms with Crippen LogP contribution in [-0.4, -0.2) is 26.1 Å². The Kier molecular flexibility index (Phi) is 7.51. The lowest BCUT2D eigenvalue weighted by atomic mass is 9.34. The molecule has 0 spiro atoms. The van der Waals surface area contributed by atoms with E-state index in [1.165, 1.54) is 82.3 Å². The van der Waals surface area contributed by atoms with E-state index in [0.29, 0.717) is 29.5 Å². The summed E-state index contributed by atoms with van der Waals surface area (Å²) in [5.41, 5.74) is 3.23. The third kappa shape index (κ3) is 3.89. The zero-order valence-electron chi connectivity index (χ0n) is 26.7. The summed E-state index contributed by atoms with van der Waals surface area (Å²) in [7, 11) is -1.62. The molecule has 5 aliphatic rings. The van der Waals surface area contributed by atoms with E-state index in [1.807, 2.05) is 0 Å². The van der Waals surface area contributed by atoms with Crippen molar-refractivity contribution in [2.45, 2.75) is 151 Å². The Morgan fingerprint density at radius 1 is 0.868 bits per heavy atom. The zero-order valence-corrected chi connectivity index (χ0v) is 27.7. The van der Waals surface area contributed by atoms with Crippen molar-refractivity contribution >= 4 is 8.32 Å². The molecule has 0 aliphatic heterocycles. The van der Waals surface area contributed by atoms with Gasteiger partial charge in [-0.05, 0) is 121 Å². The van der Waals surface area contributed by atoms with Crippen LogP contribution < -0.4 is 0 Å². The molecular formula is C35H62O2Si. The first-order valence-electron chi connectivity index (χ1n) is 16.8. The van der Waals surface area contributed by atoms with Crippen molar-refractivity contribution in [2.75, 3.05) is 6.61 Å². The minimum atomic E-state index is -1.62. The van der Waals surface area contributed by atoms with Crippen LogP contribution in [0.4, 0.5) is 0 Å². The van der Waals surface area contributed by atoms with Gasteiger partial charge in [0.15, 0.2) is 8.32 Å². The van der Waals surface area contributed by atoms with Crippen molar-refractivity contribution in [3.05, 3.63) is 11.6 Å². The Hall–Kier alpha value is -0.123. The molecule has 4 fully saturated rings. The smallest absolute Gasteiger partial charge is 0.192 e. The van der Waals surface area contributed by atoms with Crippen LogP contribution in [0.2, 0.25) is 18.1 Å². The van der Waals surface area contributed by atoms with E-state index in [2.05, 4.69) is 68.4 Å². The Bertz CT molecular complexity index is 913. The first kappa shape index (κ1) is 29.4. The molecule has 5 rings (SSSR count). The van der Waals surface area contributed by atoms with E-state index in [9.17, 15) is 5.11 Å². The van der Waals surface area contributed by atoms with Gasteiger partial charge in [0.1, 0.15) is 0 Å². The van der Waals surface area contributed by atoms with Gasteiger partial charge in [-0.15, -0.1) is 0 Å². The van der Waals surface area contributed by atoms with Crippen LogP contribution in [0.3, 0.4) is 0 Å². The highest BCUT2D eigenvalue weighted by Gasteiger charge is 2.68. The third-order valence-corrected chi connectivity index (χ3v) is 19.8. The summed E-state index contributed by atoms with van der Waals surface area (Å²) in [6.07, 6.45) is 16.1. The van der Waals surface area contributed by atoms with Crippen molar-refractivity contribution < 1.29 is 9.53 Å². The van der Waals surface area contributed by atoms with Crippen molar-refractivity contribution in [3.8, 4) is 0 Å². The summed E-state index contributed by atoms with van der Waals surface area (Å²) in [5, 5.41) is 10.7.